The van der Waals surface area contributed by atoms with Gasteiger partial charge in [0.1, 0.15) is 0 Å². The lowest BCUT2D eigenvalue weighted by molar-refractivity contribution is 0.554. The third kappa shape index (κ3) is 5.92. The van der Waals surface area contributed by atoms with Gasteiger partial charge in [0.25, 0.3) is 0 Å². The molecule has 0 amide bonds. The summed E-state index contributed by atoms with van der Waals surface area (Å²) in [5, 5.41) is 8.17. The summed E-state index contributed by atoms with van der Waals surface area (Å²) in [6.45, 7) is 2.23. The summed E-state index contributed by atoms with van der Waals surface area (Å²) < 4.78 is 5.70. The van der Waals surface area contributed by atoms with Crippen molar-refractivity contribution < 1.29 is 4.42 Å². The van der Waals surface area contributed by atoms with E-state index in [1.807, 2.05) is 48.6 Å². The van der Waals surface area contributed by atoms with E-state index < -0.39 is 0 Å². The Hall–Kier alpha value is -3.20. The molecule has 0 spiro atoms. The largest absolute Gasteiger partial charge is 0.416 e. The van der Waals surface area contributed by atoms with Gasteiger partial charge in [-0.25, -0.2) is 0 Å². The van der Waals surface area contributed by atoms with Gasteiger partial charge in [0.15, 0.2) is 0 Å². The number of hydrogen-bond donors (Lipinski definition) is 0. The molecular weight excluding hydrogens is 344 g/mol. The minimum Gasteiger partial charge on any atom is -0.416 e. The maximum absolute atomic E-state index is 5.70. The first-order valence-corrected chi connectivity index (χ1v) is 9.83. The molecular formula is C25H26N2O. The second-order valence-electron chi connectivity index (χ2n) is 6.55. The Bertz CT molecular complexity index is 921. The molecule has 0 saturated heterocycles. The molecule has 0 unspecified atom stereocenters. The third-order valence-electron chi connectivity index (χ3n) is 4.35. The highest BCUT2D eigenvalue weighted by Gasteiger charge is 2.10. The predicted molar refractivity (Wildman–Crippen MR) is 116 cm³/mol. The van der Waals surface area contributed by atoms with Crippen LogP contribution in [0.3, 0.4) is 0 Å². The Morgan fingerprint density at radius 2 is 1.57 bits per heavy atom. The van der Waals surface area contributed by atoms with Gasteiger partial charge in [-0.05, 0) is 43.0 Å². The number of hydrogen-bond acceptors (Lipinski definition) is 3. The topological polar surface area (TPSA) is 38.9 Å². The van der Waals surface area contributed by atoms with Crippen molar-refractivity contribution in [2.24, 2.45) is 0 Å². The molecule has 4 rings (SSSR count). The van der Waals surface area contributed by atoms with Gasteiger partial charge >= 0.3 is 0 Å². The molecule has 3 heteroatoms. The normalized spacial score (nSPS) is 12.7. The minimum absolute atomic E-state index is 0.553. The first kappa shape index (κ1) is 19.6. The standard InChI is InChI=1S/C15H12N2O.C10H14/c1-2-5-9-12(8-4-1)14-16-17-15(18-14)13-10-6-3-7-11-13;1-2-3-7-10-8-5-4-6-9-10/h1-4,6-11H,5H2;4-6,8-9H,2-3,7H2,1H3. The zero-order chi connectivity index (χ0) is 19.4. The first-order chi connectivity index (χ1) is 13.9. The summed E-state index contributed by atoms with van der Waals surface area (Å²) in [4.78, 5) is 0. The molecule has 3 aromatic rings. The van der Waals surface area contributed by atoms with E-state index in [2.05, 4.69) is 59.6 Å². The molecule has 0 N–H and O–H groups in total. The van der Waals surface area contributed by atoms with Crippen LogP contribution in [-0.4, -0.2) is 10.2 Å². The fraction of sp³-hybridized carbons (Fsp3) is 0.200. The molecule has 28 heavy (non-hydrogen) atoms. The SMILES string of the molecule is C1=CCC=C(c2nnc(-c3ccccc3)o2)C=C1.CCCCc1ccccc1. The van der Waals surface area contributed by atoms with Gasteiger partial charge in [-0.1, -0.05) is 86.2 Å². The van der Waals surface area contributed by atoms with Crippen molar-refractivity contribution >= 4 is 5.57 Å². The number of rotatable bonds is 5. The van der Waals surface area contributed by atoms with E-state index in [0.29, 0.717) is 11.8 Å². The van der Waals surface area contributed by atoms with E-state index in [1.165, 1.54) is 24.8 Å². The smallest absolute Gasteiger partial charge is 0.248 e. The molecule has 0 aliphatic heterocycles. The van der Waals surface area contributed by atoms with Gasteiger partial charge < -0.3 is 4.42 Å². The summed E-state index contributed by atoms with van der Waals surface area (Å²) in [6, 6.07) is 20.4. The van der Waals surface area contributed by atoms with Crippen LogP contribution in [0.25, 0.3) is 17.0 Å². The number of aromatic nitrogens is 2. The Balaban J connectivity index is 0.000000192. The number of aryl methyl sites for hydroxylation is 1. The highest BCUT2D eigenvalue weighted by Crippen LogP contribution is 2.22. The minimum atomic E-state index is 0.553. The van der Waals surface area contributed by atoms with Gasteiger partial charge in [-0.2, -0.15) is 0 Å². The summed E-state index contributed by atoms with van der Waals surface area (Å²) in [5.74, 6) is 1.12. The average Bonchev–Trinajstić information content (AvgIpc) is 3.10. The third-order valence-corrected chi connectivity index (χ3v) is 4.35. The lowest BCUT2D eigenvalue weighted by atomic mass is 10.1. The van der Waals surface area contributed by atoms with Crippen LogP contribution in [0.5, 0.6) is 0 Å². The monoisotopic (exact) mass is 370 g/mol. The molecule has 1 aliphatic rings. The van der Waals surface area contributed by atoms with E-state index in [0.717, 1.165) is 17.6 Å². The molecule has 0 saturated carbocycles. The van der Waals surface area contributed by atoms with E-state index >= 15 is 0 Å². The van der Waals surface area contributed by atoms with E-state index in [4.69, 9.17) is 4.42 Å². The Labute approximate surface area is 167 Å². The van der Waals surface area contributed by atoms with Crippen molar-refractivity contribution in [3.63, 3.8) is 0 Å². The van der Waals surface area contributed by atoms with Crippen LogP contribution < -0.4 is 0 Å². The first-order valence-electron chi connectivity index (χ1n) is 9.83. The van der Waals surface area contributed by atoms with E-state index in [-0.39, 0.29) is 0 Å². The molecule has 3 nitrogen and oxygen atoms in total. The van der Waals surface area contributed by atoms with Gasteiger partial charge in [0, 0.05) is 11.1 Å². The lowest BCUT2D eigenvalue weighted by Crippen LogP contribution is -1.81. The highest BCUT2D eigenvalue weighted by atomic mass is 16.4. The summed E-state index contributed by atoms with van der Waals surface area (Å²) in [6.07, 6.45) is 14.8. The molecule has 2 aromatic carbocycles. The molecule has 1 aliphatic carbocycles. The van der Waals surface area contributed by atoms with Crippen molar-refractivity contribution in [1.82, 2.24) is 10.2 Å². The quantitative estimate of drug-likeness (QED) is 0.504. The highest BCUT2D eigenvalue weighted by molar-refractivity contribution is 5.70. The fourth-order valence-corrected chi connectivity index (χ4v) is 2.80. The molecule has 0 radical (unpaired) electrons. The Morgan fingerprint density at radius 1 is 0.857 bits per heavy atom. The maximum atomic E-state index is 5.70. The molecule has 0 bridgehead atoms. The second kappa shape index (κ2) is 10.8. The Morgan fingerprint density at radius 3 is 2.32 bits per heavy atom. The summed E-state index contributed by atoms with van der Waals surface area (Å²) >= 11 is 0. The van der Waals surface area contributed by atoms with Gasteiger partial charge in [0.2, 0.25) is 11.8 Å². The maximum Gasteiger partial charge on any atom is 0.248 e. The number of allylic oxidation sites excluding steroid dienone is 6. The van der Waals surface area contributed by atoms with Crippen molar-refractivity contribution in [3.8, 4) is 11.5 Å². The van der Waals surface area contributed by atoms with Crippen LogP contribution in [0, 0.1) is 0 Å². The zero-order valence-corrected chi connectivity index (χ0v) is 16.3. The van der Waals surface area contributed by atoms with Gasteiger partial charge in [-0.15, -0.1) is 10.2 Å². The van der Waals surface area contributed by atoms with Crippen molar-refractivity contribution in [3.05, 3.63) is 102 Å². The average molecular weight is 370 g/mol. The molecule has 142 valence electrons. The van der Waals surface area contributed by atoms with Crippen LogP contribution >= 0.6 is 0 Å². The van der Waals surface area contributed by atoms with Crippen molar-refractivity contribution in [2.75, 3.05) is 0 Å². The van der Waals surface area contributed by atoms with Crippen LogP contribution in [0.1, 0.15) is 37.6 Å². The second-order valence-corrected chi connectivity index (χ2v) is 6.55. The Kier molecular flexibility index (Phi) is 7.56. The number of unbranched alkanes of at least 4 members (excludes halogenated alkanes) is 1. The zero-order valence-electron chi connectivity index (χ0n) is 16.3. The summed E-state index contributed by atoms with van der Waals surface area (Å²) in [5.41, 5.74) is 3.37. The van der Waals surface area contributed by atoms with E-state index in [1.54, 1.807) is 0 Å². The molecule has 0 atom stereocenters. The molecule has 0 fully saturated rings. The fourth-order valence-electron chi connectivity index (χ4n) is 2.80. The lowest BCUT2D eigenvalue weighted by Gasteiger charge is -1.96. The number of nitrogens with zero attached hydrogens (tertiary/aromatic N) is 2. The van der Waals surface area contributed by atoms with Crippen LogP contribution in [0.2, 0.25) is 0 Å². The van der Waals surface area contributed by atoms with Gasteiger partial charge in [-0.3, -0.25) is 0 Å². The van der Waals surface area contributed by atoms with Crippen molar-refractivity contribution in [1.29, 1.82) is 0 Å². The predicted octanol–water partition coefficient (Wildman–Crippen LogP) is 6.67. The number of benzene rings is 2. The van der Waals surface area contributed by atoms with Crippen LogP contribution in [0.15, 0.2) is 95.5 Å². The molecule has 1 heterocycles. The molecule has 1 aromatic heterocycles. The van der Waals surface area contributed by atoms with Crippen LogP contribution in [-0.2, 0) is 6.42 Å². The van der Waals surface area contributed by atoms with Crippen LogP contribution in [0.4, 0.5) is 0 Å². The van der Waals surface area contributed by atoms with Gasteiger partial charge in [0.05, 0.1) is 0 Å². The van der Waals surface area contributed by atoms with Crippen molar-refractivity contribution in [2.45, 2.75) is 32.6 Å². The van der Waals surface area contributed by atoms with E-state index in [9.17, 15) is 0 Å². The summed E-state index contributed by atoms with van der Waals surface area (Å²) in [7, 11) is 0.